The number of nitrogens with zero attached hydrogens (tertiary/aromatic N) is 2. The van der Waals surface area contributed by atoms with Gasteiger partial charge in [0.15, 0.2) is 0 Å². The lowest BCUT2D eigenvalue weighted by Gasteiger charge is -2.36. The van der Waals surface area contributed by atoms with Crippen LogP contribution >= 0.6 is 27.7 Å². The number of carbonyl (C=O) groups excluding carboxylic acids is 1. The van der Waals surface area contributed by atoms with Crippen LogP contribution in [0.2, 0.25) is 0 Å². The second kappa shape index (κ2) is 9.28. The van der Waals surface area contributed by atoms with Crippen molar-refractivity contribution in [2.24, 2.45) is 0 Å². The van der Waals surface area contributed by atoms with Gasteiger partial charge in [-0.05, 0) is 72.2 Å². The van der Waals surface area contributed by atoms with Crippen LogP contribution in [0.3, 0.4) is 0 Å². The van der Waals surface area contributed by atoms with Crippen molar-refractivity contribution in [1.82, 2.24) is 9.80 Å². The lowest BCUT2D eigenvalue weighted by atomic mass is 10.1. The molecule has 0 aromatic heterocycles. The van der Waals surface area contributed by atoms with E-state index >= 15 is 0 Å². The van der Waals surface area contributed by atoms with Crippen LogP contribution in [0, 0.1) is 0 Å². The number of halogens is 1. The predicted octanol–water partition coefficient (Wildman–Crippen LogP) is 3.89. The van der Waals surface area contributed by atoms with Crippen LogP contribution in [0.1, 0.15) is 36.0 Å². The number of carbonyl (C=O) groups is 1. The van der Waals surface area contributed by atoms with Gasteiger partial charge in [-0.25, -0.2) is 0 Å². The molecule has 6 heteroatoms. The summed E-state index contributed by atoms with van der Waals surface area (Å²) in [5.74, 6) is 3.02. The topological polar surface area (TPSA) is 32.8 Å². The highest BCUT2D eigenvalue weighted by molar-refractivity contribution is 9.10. The van der Waals surface area contributed by atoms with E-state index in [9.17, 15) is 4.79 Å². The molecule has 4 nitrogen and oxygen atoms in total. The molecule has 1 aromatic carbocycles. The average molecular weight is 427 g/mol. The Hall–Kier alpha value is -0.720. The minimum absolute atomic E-state index is 0.121. The van der Waals surface area contributed by atoms with Gasteiger partial charge in [0.1, 0.15) is 5.75 Å². The third-order valence-corrected chi connectivity index (χ3v) is 6.91. The van der Waals surface area contributed by atoms with E-state index in [1.54, 1.807) is 7.11 Å². The molecule has 0 saturated carbocycles. The van der Waals surface area contributed by atoms with Crippen LogP contribution in [-0.2, 0) is 0 Å². The molecule has 2 heterocycles. The molecule has 25 heavy (non-hydrogen) atoms. The van der Waals surface area contributed by atoms with Crippen LogP contribution in [0.25, 0.3) is 0 Å². The molecule has 2 fully saturated rings. The number of methoxy groups -OCH3 is 1. The van der Waals surface area contributed by atoms with E-state index in [0.29, 0.717) is 5.56 Å². The number of ether oxygens (including phenoxy) is 1. The van der Waals surface area contributed by atoms with Crippen LogP contribution < -0.4 is 4.74 Å². The van der Waals surface area contributed by atoms with E-state index in [1.807, 2.05) is 30.0 Å². The summed E-state index contributed by atoms with van der Waals surface area (Å²) < 4.78 is 6.16. The first-order valence-corrected chi connectivity index (χ1v) is 11.1. The van der Waals surface area contributed by atoms with Crippen molar-refractivity contribution in [1.29, 1.82) is 0 Å². The van der Waals surface area contributed by atoms with Crippen molar-refractivity contribution in [2.45, 2.75) is 31.7 Å². The normalized spacial score (nSPS) is 22.5. The van der Waals surface area contributed by atoms with Crippen molar-refractivity contribution in [2.75, 3.05) is 44.8 Å². The Balaban J connectivity index is 1.79. The Morgan fingerprint density at radius 1 is 1.24 bits per heavy atom. The number of likely N-dealkylation sites (tertiary alicyclic amines) is 1. The van der Waals surface area contributed by atoms with E-state index in [0.717, 1.165) is 41.2 Å². The van der Waals surface area contributed by atoms with Gasteiger partial charge in [-0.15, -0.1) is 0 Å². The molecule has 138 valence electrons. The predicted molar refractivity (Wildman–Crippen MR) is 108 cm³/mol. The van der Waals surface area contributed by atoms with Gasteiger partial charge < -0.3 is 14.5 Å². The lowest BCUT2D eigenvalue weighted by Crippen LogP contribution is -2.49. The molecular formula is C19H27BrN2O2S. The van der Waals surface area contributed by atoms with E-state index in [1.165, 1.54) is 32.4 Å². The first-order chi connectivity index (χ1) is 12.2. The maximum Gasteiger partial charge on any atom is 0.255 e. The molecule has 1 atom stereocenters. The zero-order valence-electron chi connectivity index (χ0n) is 14.9. The van der Waals surface area contributed by atoms with E-state index in [4.69, 9.17) is 4.74 Å². The number of rotatable bonds is 4. The van der Waals surface area contributed by atoms with Crippen molar-refractivity contribution in [3.05, 3.63) is 28.2 Å². The number of thioether (sulfide) groups is 1. The van der Waals surface area contributed by atoms with Crippen molar-refractivity contribution >= 4 is 33.6 Å². The molecule has 3 rings (SSSR count). The van der Waals surface area contributed by atoms with Gasteiger partial charge in [-0.1, -0.05) is 6.42 Å². The van der Waals surface area contributed by atoms with Crippen molar-refractivity contribution in [3.8, 4) is 5.75 Å². The Bertz CT molecular complexity index is 593. The molecule has 2 aliphatic rings. The highest BCUT2D eigenvalue weighted by Crippen LogP contribution is 2.27. The van der Waals surface area contributed by atoms with Crippen LogP contribution in [-0.4, -0.2) is 66.5 Å². The minimum atomic E-state index is 0.121. The fourth-order valence-electron chi connectivity index (χ4n) is 3.64. The van der Waals surface area contributed by atoms with Gasteiger partial charge >= 0.3 is 0 Å². The smallest absolute Gasteiger partial charge is 0.255 e. The number of piperidine rings is 1. The maximum absolute atomic E-state index is 13.3. The Morgan fingerprint density at radius 3 is 2.80 bits per heavy atom. The average Bonchev–Trinajstić information content (AvgIpc) is 2.88. The summed E-state index contributed by atoms with van der Waals surface area (Å²) in [6.45, 7) is 4.19. The monoisotopic (exact) mass is 426 g/mol. The molecule has 1 unspecified atom stereocenters. The summed E-state index contributed by atoms with van der Waals surface area (Å²) in [7, 11) is 1.64. The fourth-order valence-corrected chi connectivity index (χ4v) is 5.11. The number of amides is 1. The Kier molecular flexibility index (Phi) is 7.08. The molecule has 0 bridgehead atoms. The van der Waals surface area contributed by atoms with Crippen molar-refractivity contribution in [3.63, 3.8) is 0 Å². The first-order valence-electron chi connectivity index (χ1n) is 9.13. The van der Waals surface area contributed by atoms with E-state index in [2.05, 4.69) is 25.7 Å². The summed E-state index contributed by atoms with van der Waals surface area (Å²) in [6, 6.07) is 5.92. The first kappa shape index (κ1) is 19.1. The number of hydrogen-bond donors (Lipinski definition) is 0. The van der Waals surface area contributed by atoms with Gasteiger partial charge in [0.2, 0.25) is 0 Å². The summed E-state index contributed by atoms with van der Waals surface area (Å²) >= 11 is 5.53. The molecule has 1 aromatic rings. The molecule has 0 radical (unpaired) electrons. The van der Waals surface area contributed by atoms with E-state index in [-0.39, 0.29) is 11.9 Å². The summed E-state index contributed by atoms with van der Waals surface area (Å²) in [5.41, 5.74) is 0.704. The van der Waals surface area contributed by atoms with Gasteiger partial charge in [-0.3, -0.25) is 4.79 Å². The molecule has 0 N–H and O–H groups in total. The second-order valence-electron chi connectivity index (χ2n) is 6.79. The van der Waals surface area contributed by atoms with Gasteiger partial charge in [0.05, 0.1) is 18.7 Å². The maximum atomic E-state index is 13.3. The quantitative estimate of drug-likeness (QED) is 0.730. The molecule has 2 aliphatic heterocycles. The van der Waals surface area contributed by atoms with Gasteiger partial charge in [0, 0.05) is 23.3 Å². The van der Waals surface area contributed by atoms with E-state index < -0.39 is 0 Å². The largest absolute Gasteiger partial charge is 0.497 e. The Morgan fingerprint density at radius 2 is 2.04 bits per heavy atom. The molecular weight excluding hydrogens is 400 g/mol. The third-order valence-electron chi connectivity index (χ3n) is 5.02. The third kappa shape index (κ3) is 4.92. The van der Waals surface area contributed by atoms with Crippen LogP contribution in [0.4, 0.5) is 0 Å². The minimum Gasteiger partial charge on any atom is -0.497 e. The number of benzene rings is 1. The van der Waals surface area contributed by atoms with Gasteiger partial charge in [0.25, 0.3) is 5.91 Å². The highest BCUT2D eigenvalue weighted by atomic mass is 79.9. The van der Waals surface area contributed by atoms with Crippen molar-refractivity contribution < 1.29 is 9.53 Å². The summed E-state index contributed by atoms with van der Waals surface area (Å²) in [6.07, 6.45) is 4.98. The number of hydrogen-bond acceptors (Lipinski definition) is 4. The Labute approximate surface area is 163 Å². The lowest BCUT2D eigenvalue weighted by molar-refractivity contribution is 0.0644. The summed E-state index contributed by atoms with van der Waals surface area (Å²) in [4.78, 5) is 18.0. The SMILES string of the molecule is COc1ccc(Br)c(C(=O)N2CCCSCC2CN2CCCCC2)c1. The van der Waals surface area contributed by atoms with Crippen LogP contribution in [0.15, 0.2) is 22.7 Å². The standard InChI is InChI=1S/C19H27BrN2O2S/c1-24-16-6-7-18(20)17(12-16)19(23)22-10-5-11-25-14-15(22)13-21-8-3-2-4-9-21/h6-7,12,15H,2-5,8-11,13-14H2,1H3. The molecule has 0 aliphatic carbocycles. The highest BCUT2D eigenvalue weighted by Gasteiger charge is 2.29. The molecule has 0 spiro atoms. The summed E-state index contributed by atoms with van der Waals surface area (Å²) in [5, 5.41) is 0. The second-order valence-corrected chi connectivity index (χ2v) is 8.79. The van der Waals surface area contributed by atoms with Crippen LogP contribution in [0.5, 0.6) is 5.75 Å². The van der Waals surface area contributed by atoms with Gasteiger partial charge in [-0.2, -0.15) is 11.8 Å². The zero-order valence-corrected chi connectivity index (χ0v) is 17.3. The molecule has 2 saturated heterocycles. The molecule has 1 amide bonds. The fraction of sp³-hybridized carbons (Fsp3) is 0.632. The zero-order chi connectivity index (χ0) is 17.6.